The molecule has 1 aliphatic heterocycles. The van der Waals surface area contributed by atoms with Crippen LogP contribution < -0.4 is 5.32 Å². The molecule has 3 nitrogen and oxygen atoms in total. The van der Waals surface area contributed by atoms with E-state index < -0.39 is 0 Å². The standard InChI is InChI=1S/C17H25NO2/c1-3-14-6-4-5-13(2)16(14)18-15-7-9-17(10-8-15)19-11-12-20-17/h4-6,15,18H,3,7-12H2,1-2H3. The van der Waals surface area contributed by atoms with Crippen LogP contribution in [0.2, 0.25) is 0 Å². The molecule has 1 saturated heterocycles. The lowest BCUT2D eigenvalue weighted by Gasteiger charge is -2.36. The molecule has 3 rings (SSSR count). The number of hydrogen-bond acceptors (Lipinski definition) is 3. The highest BCUT2D eigenvalue weighted by molar-refractivity contribution is 5.57. The van der Waals surface area contributed by atoms with Gasteiger partial charge in [0.1, 0.15) is 0 Å². The average Bonchev–Trinajstić information content (AvgIpc) is 2.92. The zero-order chi connectivity index (χ0) is 14.0. The second-order valence-electron chi connectivity index (χ2n) is 5.99. The maximum Gasteiger partial charge on any atom is 0.168 e. The van der Waals surface area contributed by atoms with E-state index in [4.69, 9.17) is 9.47 Å². The highest BCUT2D eigenvalue weighted by Gasteiger charge is 2.40. The van der Waals surface area contributed by atoms with E-state index in [1.54, 1.807) is 0 Å². The van der Waals surface area contributed by atoms with Crippen LogP contribution in [0.15, 0.2) is 18.2 Å². The molecule has 2 fully saturated rings. The van der Waals surface area contributed by atoms with Gasteiger partial charge in [-0.05, 0) is 37.3 Å². The first-order chi connectivity index (χ1) is 9.72. The summed E-state index contributed by atoms with van der Waals surface area (Å²) in [4.78, 5) is 0. The van der Waals surface area contributed by atoms with Crippen molar-refractivity contribution in [3.63, 3.8) is 0 Å². The van der Waals surface area contributed by atoms with Crippen LogP contribution in [0.1, 0.15) is 43.7 Å². The van der Waals surface area contributed by atoms with Gasteiger partial charge in [-0.25, -0.2) is 0 Å². The van der Waals surface area contributed by atoms with Crippen LogP contribution in [0.25, 0.3) is 0 Å². The third-order valence-electron chi connectivity index (χ3n) is 4.65. The molecule has 0 amide bonds. The van der Waals surface area contributed by atoms with Gasteiger partial charge in [-0.15, -0.1) is 0 Å². The van der Waals surface area contributed by atoms with Crippen LogP contribution >= 0.6 is 0 Å². The topological polar surface area (TPSA) is 30.5 Å². The lowest BCUT2D eigenvalue weighted by molar-refractivity contribution is -0.177. The van der Waals surface area contributed by atoms with Gasteiger partial charge in [0.2, 0.25) is 0 Å². The molecule has 110 valence electrons. The Hall–Kier alpha value is -1.06. The second kappa shape index (κ2) is 5.74. The highest BCUT2D eigenvalue weighted by Crippen LogP contribution is 2.37. The van der Waals surface area contributed by atoms with Crippen molar-refractivity contribution in [2.24, 2.45) is 0 Å². The number of rotatable bonds is 3. The predicted molar refractivity (Wildman–Crippen MR) is 81.1 cm³/mol. The molecule has 0 unspecified atom stereocenters. The summed E-state index contributed by atoms with van der Waals surface area (Å²) >= 11 is 0. The summed E-state index contributed by atoms with van der Waals surface area (Å²) in [5.74, 6) is -0.252. The summed E-state index contributed by atoms with van der Waals surface area (Å²) in [6.07, 6.45) is 5.35. The molecule has 1 aliphatic carbocycles. The Morgan fingerprint density at radius 1 is 1.20 bits per heavy atom. The van der Waals surface area contributed by atoms with Gasteiger partial charge in [0, 0.05) is 24.6 Å². The van der Waals surface area contributed by atoms with E-state index in [0.29, 0.717) is 6.04 Å². The van der Waals surface area contributed by atoms with Crippen LogP contribution in [-0.4, -0.2) is 25.0 Å². The van der Waals surface area contributed by atoms with Crippen molar-refractivity contribution < 1.29 is 9.47 Å². The fraction of sp³-hybridized carbons (Fsp3) is 0.647. The van der Waals surface area contributed by atoms with Crippen LogP contribution in [0, 0.1) is 6.92 Å². The van der Waals surface area contributed by atoms with Crippen LogP contribution in [-0.2, 0) is 15.9 Å². The maximum atomic E-state index is 5.80. The van der Waals surface area contributed by atoms with Crippen molar-refractivity contribution in [1.82, 2.24) is 0 Å². The van der Waals surface area contributed by atoms with Gasteiger partial charge >= 0.3 is 0 Å². The van der Waals surface area contributed by atoms with Gasteiger partial charge in [0.25, 0.3) is 0 Å². The third kappa shape index (κ3) is 2.70. The molecule has 1 N–H and O–H groups in total. The molecule has 0 aromatic heterocycles. The maximum absolute atomic E-state index is 5.80. The lowest BCUT2D eigenvalue weighted by Crippen LogP contribution is -2.39. The lowest BCUT2D eigenvalue weighted by atomic mass is 9.89. The average molecular weight is 275 g/mol. The normalized spacial score (nSPS) is 22.3. The van der Waals surface area contributed by atoms with Crippen molar-refractivity contribution in [1.29, 1.82) is 0 Å². The quantitative estimate of drug-likeness (QED) is 0.913. The minimum Gasteiger partial charge on any atom is -0.382 e. The molecule has 1 spiro atoms. The van der Waals surface area contributed by atoms with E-state index in [9.17, 15) is 0 Å². The number of ether oxygens (including phenoxy) is 2. The minimum atomic E-state index is -0.252. The second-order valence-corrected chi connectivity index (χ2v) is 5.99. The monoisotopic (exact) mass is 275 g/mol. The molecule has 0 bridgehead atoms. The number of aryl methyl sites for hydroxylation is 2. The Morgan fingerprint density at radius 3 is 2.55 bits per heavy atom. The van der Waals surface area contributed by atoms with E-state index >= 15 is 0 Å². The predicted octanol–water partition coefficient (Wildman–Crippen LogP) is 3.66. The summed E-state index contributed by atoms with van der Waals surface area (Å²) in [5.41, 5.74) is 4.10. The zero-order valence-electron chi connectivity index (χ0n) is 12.6. The smallest absolute Gasteiger partial charge is 0.168 e. The van der Waals surface area contributed by atoms with Crippen molar-refractivity contribution >= 4 is 5.69 Å². The fourth-order valence-corrected chi connectivity index (χ4v) is 3.42. The van der Waals surface area contributed by atoms with Gasteiger partial charge < -0.3 is 14.8 Å². The van der Waals surface area contributed by atoms with Gasteiger partial charge in [0.05, 0.1) is 13.2 Å². The van der Waals surface area contributed by atoms with E-state index in [1.807, 2.05) is 0 Å². The van der Waals surface area contributed by atoms with Gasteiger partial charge in [-0.1, -0.05) is 25.1 Å². The molecule has 1 aromatic carbocycles. The Kier molecular flexibility index (Phi) is 3.99. The van der Waals surface area contributed by atoms with Crippen LogP contribution in [0.4, 0.5) is 5.69 Å². The number of para-hydroxylation sites is 1. The number of benzene rings is 1. The van der Waals surface area contributed by atoms with Crippen molar-refractivity contribution in [3.05, 3.63) is 29.3 Å². The Morgan fingerprint density at radius 2 is 1.90 bits per heavy atom. The largest absolute Gasteiger partial charge is 0.382 e. The summed E-state index contributed by atoms with van der Waals surface area (Å²) in [6.45, 7) is 5.93. The first kappa shape index (κ1) is 13.9. The van der Waals surface area contributed by atoms with Crippen LogP contribution in [0.3, 0.4) is 0 Å². The number of nitrogens with one attached hydrogen (secondary N) is 1. The van der Waals surface area contributed by atoms with E-state index in [0.717, 1.165) is 45.3 Å². The zero-order valence-corrected chi connectivity index (χ0v) is 12.6. The van der Waals surface area contributed by atoms with Crippen LogP contribution in [0.5, 0.6) is 0 Å². The SMILES string of the molecule is CCc1cccc(C)c1NC1CCC2(CC1)OCCO2. The summed E-state index contributed by atoms with van der Waals surface area (Å²) in [6, 6.07) is 7.10. The van der Waals surface area contributed by atoms with E-state index in [-0.39, 0.29) is 5.79 Å². The van der Waals surface area contributed by atoms with Gasteiger partial charge in [-0.3, -0.25) is 0 Å². The van der Waals surface area contributed by atoms with Gasteiger partial charge in [-0.2, -0.15) is 0 Å². The molecular formula is C17H25NO2. The first-order valence-electron chi connectivity index (χ1n) is 7.85. The Bertz CT molecular complexity index is 456. The van der Waals surface area contributed by atoms with Crippen molar-refractivity contribution in [2.75, 3.05) is 18.5 Å². The van der Waals surface area contributed by atoms with E-state index in [1.165, 1.54) is 16.8 Å². The summed E-state index contributed by atoms with van der Waals surface area (Å²) in [7, 11) is 0. The molecule has 1 saturated carbocycles. The summed E-state index contributed by atoms with van der Waals surface area (Å²) < 4.78 is 11.6. The van der Waals surface area contributed by atoms with Crippen molar-refractivity contribution in [3.8, 4) is 0 Å². The Labute approximate surface area is 121 Å². The minimum absolute atomic E-state index is 0.252. The number of hydrogen-bond donors (Lipinski definition) is 1. The molecule has 0 radical (unpaired) electrons. The van der Waals surface area contributed by atoms with Crippen molar-refractivity contribution in [2.45, 2.75) is 57.8 Å². The molecule has 2 aliphatic rings. The van der Waals surface area contributed by atoms with E-state index in [2.05, 4.69) is 37.4 Å². The molecule has 0 atom stereocenters. The fourth-order valence-electron chi connectivity index (χ4n) is 3.42. The van der Waals surface area contributed by atoms with Gasteiger partial charge in [0.15, 0.2) is 5.79 Å². The third-order valence-corrected chi connectivity index (χ3v) is 4.65. The highest BCUT2D eigenvalue weighted by atomic mass is 16.7. The molecule has 1 aromatic rings. The first-order valence-corrected chi connectivity index (χ1v) is 7.85. The molecular weight excluding hydrogens is 250 g/mol. The summed E-state index contributed by atoms with van der Waals surface area (Å²) in [5, 5.41) is 3.76. The Balaban J connectivity index is 1.65. The molecule has 3 heteroatoms. The number of anilines is 1. The molecule has 20 heavy (non-hydrogen) atoms. The molecule has 1 heterocycles.